The standard InChI is InChI=1S/C19H13NO5S/c21-17(12-8-4-5-9-13(12)18(22)23)20-14-10-15(26-16(14)19(24)25)11-6-2-1-3-7-11/h1-10H,(H,20,21)(H,22,23)(H,24,25). The minimum Gasteiger partial charge on any atom is -0.478 e. The zero-order chi connectivity index (χ0) is 18.7. The first-order chi connectivity index (χ1) is 12.5. The molecule has 6 nitrogen and oxygen atoms in total. The van der Waals surface area contributed by atoms with Crippen LogP contribution < -0.4 is 5.32 Å². The molecule has 0 radical (unpaired) electrons. The zero-order valence-electron chi connectivity index (χ0n) is 13.3. The summed E-state index contributed by atoms with van der Waals surface area (Å²) in [4.78, 5) is 36.0. The van der Waals surface area contributed by atoms with Gasteiger partial charge < -0.3 is 15.5 Å². The molecule has 0 saturated heterocycles. The number of amides is 1. The largest absolute Gasteiger partial charge is 0.478 e. The third-order valence-corrected chi connectivity index (χ3v) is 4.81. The number of thiophene rings is 1. The van der Waals surface area contributed by atoms with Crippen LogP contribution in [0.15, 0.2) is 60.7 Å². The highest BCUT2D eigenvalue weighted by Gasteiger charge is 2.21. The van der Waals surface area contributed by atoms with Crippen molar-refractivity contribution < 1.29 is 24.6 Å². The maximum absolute atomic E-state index is 12.5. The number of hydrogen-bond donors (Lipinski definition) is 3. The monoisotopic (exact) mass is 367 g/mol. The smallest absolute Gasteiger partial charge is 0.348 e. The van der Waals surface area contributed by atoms with E-state index in [4.69, 9.17) is 0 Å². The second kappa shape index (κ2) is 7.20. The molecule has 0 aliphatic heterocycles. The van der Waals surface area contributed by atoms with Gasteiger partial charge in [-0.15, -0.1) is 11.3 Å². The van der Waals surface area contributed by atoms with Gasteiger partial charge in [-0.1, -0.05) is 42.5 Å². The van der Waals surface area contributed by atoms with Crippen LogP contribution in [-0.2, 0) is 0 Å². The number of anilines is 1. The Kier molecular flexibility index (Phi) is 4.81. The summed E-state index contributed by atoms with van der Waals surface area (Å²) in [5.41, 5.74) is 0.766. The number of aromatic carboxylic acids is 2. The van der Waals surface area contributed by atoms with Crippen molar-refractivity contribution in [3.8, 4) is 10.4 Å². The highest BCUT2D eigenvalue weighted by atomic mass is 32.1. The molecule has 3 rings (SSSR count). The van der Waals surface area contributed by atoms with Crippen LogP contribution in [0.25, 0.3) is 10.4 Å². The van der Waals surface area contributed by atoms with Gasteiger partial charge in [0.25, 0.3) is 5.91 Å². The number of hydrogen-bond acceptors (Lipinski definition) is 4. The van der Waals surface area contributed by atoms with Gasteiger partial charge in [0.05, 0.1) is 16.8 Å². The van der Waals surface area contributed by atoms with E-state index in [-0.39, 0.29) is 21.7 Å². The second-order valence-electron chi connectivity index (χ2n) is 5.33. The molecule has 1 amide bonds. The van der Waals surface area contributed by atoms with Gasteiger partial charge >= 0.3 is 11.9 Å². The van der Waals surface area contributed by atoms with Gasteiger partial charge in [0.15, 0.2) is 0 Å². The Morgan fingerprint density at radius 2 is 1.42 bits per heavy atom. The van der Waals surface area contributed by atoms with Gasteiger partial charge in [0, 0.05) is 4.88 Å². The predicted molar refractivity (Wildman–Crippen MR) is 98.1 cm³/mol. The number of carboxylic acids is 2. The van der Waals surface area contributed by atoms with Gasteiger partial charge in [0.1, 0.15) is 4.88 Å². The van der Waals surface area contributed by atoms with Gasteiger partial charge in [-0.05, 0) is 23.8 Å². The Balaban J connectivity index is 1.97. The van der Waals surface area contributed by atoms with Crippen LogP contribution in [0.1, 0.15) is 30.4 Å². The van der Waals surface area contributed by atoms with Gasteiger partial charge in [-0.25, -0.2) is 9.59 Å². The minimum atomic E-state index is -1.23. The Morgan fingerprint density at radius 1 is 0.808 bits per heavy atom. The lowest BCUT2D eigenvalue weighted by atomic mass is 10.1. The fourth-order valence-electron chi connectivity index (χ4n) is 2.44. The maximum Gasteiger partial charge on any atom is 0.348 e. The lowest BCUT2D eigenvalue weighted by molar-refractivity contribution is 0.0685. The molecule has 0 fully saturated rings. The van der Waals surface area contributed by atoms with Crippen LogP contribution in [0.2, 0.25) is 0 Å². The van der Waals surface area contributed by atoms with Crippen LogP contribution >= 0.6 is 11.3 Å². The third-order valence-electron chi connectivity index (χ3n) is 3.63. The van der Waals surface area contributed by atoms with Crippen molar-refractivity contribution in [3.05, 3.63) is 76.7 Å². The molecule has 0 spiro atoms. The molecule has 130 valence electrons. The molecular formula is C19H13NO5S. The Labute approximate surface area is 152 Å². The van der Waals surface area contributed by atoms with Crippen LogP contribution in [0.5, 0.6) is 0 Å². The summed E-state index contributed by atoms with van der Waals surface area (Å²) in [5, 5.41) is 21.1. The average molecular weight is 367 g/mol. The fraction of sp³-hybridized carbons (Fsp3) is 0. The Bertz CT molecular complexity index is 994. The molecule has 2 aromatic carbocycles. The van der Waals surface area contributed by atoms with Crippen molar-refractivity contribution in [2.45, 2.75) is 0 Å². The molecule has 1 heterocycles. The van der Waals surface area contributed by atoms with E-state index in [0.717, 1.165) is 16.9 Å². The lowest BCUT2D eigenvalue weighted by Gasteiger charge is -2.07. The van der Waals surface area contributed by atoms with Gasteiger partial charge in [-0.2, -0.15) is 0 Å². The van der Waals surface area contributed by atoms with Crippen molar-refractivity contribution in [1.82, 2.24) is 0 Å². The number of carbonyl (C=O) groups is 3. The molecule has 0 aliphatic carbocycles. The molecule has 0 atom stereocenters. The van der Waals surface area contributed by atoms with E-state index in [1.807, 2.05) is 30.3 Å². The molecule has 0 aliphatic rings. The molecule has 26 heavy (non-hydrogen) atoms. The molecule has 3 aromatic rings. The molecule has 7 heteroatoms. The third kappa shape index (κ3) is 3.47. The van der Waals surface area contributed by atoms with E-state index in [2.05, 4.69) is 5.32 Å². The summed E-state index contributed by atoms with van der Waals surface area (Å²) in [6.45, 7) is 0. The summed E-state index contributed by atoms with van der Waals surface area (Å²) >= 11 is 1.04. The van der Waals surface area contributed by atoms with E-state index < -0.39 is 17.8 Å². The van der Waals surface area contributed by atoms with Crippen LogP contribution in [0.3, 0.4) is 0 Å². The summed E-state index contributed by atoms with van der Waals surface area (Å²) in [5.74, 6) is -3.08. The topological polar surface area (TPSA) is 104 Å². The SMILES string of the molecule is O=C(O)c1ccccc1C(=O)Nc1cc(-c2ccccc2)sc1C(=O)O. The molecule has 0 unspecified atom stereocenters. The normalized spacial score (nSPS) is 10.3. The van der Waals surface area contributed by atoms with Crippen molar-refractivity contribution in [3.63, 3.8) is 0 Å². The van der Waals surface area contributed by atoms with Crippen molar-refractivity contribution in [1.29, 1.82) is 0 Å². The zero-order valence-corrected chi connectivity index (χ0v) is 14.1. The summed E-state index contributed by atoms with van der Waals surface area (Å²) in [7, 11) is 0. The van der Waals surface area contributed by atoms with E-state index in [0.29, 0.717) is 4.88 Å². The minimum absolute atomic E-state index is 0.0231. The highest BCUT2D eigenvalue weighted by Crippen LogP contribution is 2.35. The average Bonchev–Trinajstić information content (AvgIpc) is 3.06. The second-order valence-corrected chi connectivity index (χ2v) is 6.38. The Hall–Kier alpha value is -3.45. The number of benzene rings is 2. The summed E-state index contributed by atoms with van der Waals surface area (Å²) in [6.07, 6.45) is 0. The van der Waals surface area contributed by atoms with Gasteiger partial charge in [-0.3, -0.25) is 4.79 Å². The molecular weight excluding hydrogens is 354 g/mol. The molecule has 3 N–H and O–H groups in total. The van der Waals surface area contributed by atoms with Crippen molar-refractivity contribution in [2.24, 2.45) is 0 Å². The highest BCUT2D eigenvalue weighted by molar-refractivity contribution is 7.18. The maximum atomic E-state index is 12.5. The first-order valence-electron chi connectivity index (χ1n) is 7.53. The first-order valence-corrected chi connectivity index (χ1v) is 8.35. The molecule has 1 aromatic heterocycles. The summed E-state index contributed by atoms with van der Waals surface area (Å²) < 4.78 is 0. The van der Waals surface area contributed by atoms with Crippen LogP contribution in [0, 0.1) is 0 Å². The van der Waals surface area contributed by atoms with Crippen molar-refractivity contribution in [2.75, 3.05) is 5.32 Å². The Morgan fingerprint density at radius 3 is 2.04 bits per heavy atom. The number of rotatable bonds is 5. The molecule has 0 bridgehead atoms. The van der Waals surface area contributed by atoms with Gasteiger partial charge in [0.2, 0.25) is 0 Å². The summed E-state index contributed by atoms with van der Waals surface area (Å²) in [6, 6.07) is 16.5. The van der Waals surface area contributed by atoms with Crippen LogP contribution in [-0.4, -0.2) is 28.1 Å². The number of carboxylic acid groups (broad SMARTS) is 2. The lowest BCUT2D eigenvalue weighted by Crippen LogP contribution is -2.17. The van der Waals surface area contributed by atoms with E-state index in [1.54, 1.807) is 12.1 Å². The number of nitrogens with one attached hydrogen (secondary N) is 1. The van der Waals surface area contributed by atoms with E-state index >= 15 is 0 Å². The van der Waals surface area contributed by atoms with Crippen molar-refractivity contribution >= 4 is 34.9 Å². The first kappa shape index (κ1) is 17.4. The molecule has 0 saturated carbocycles. The van der Waals surface area contributed by atoms with E-state index in [9.17, 15) is 24.6 Å². The fourth-order valence-corrected chi connectivity index (χ4v) is 3.40. The van der Waals surface area contributed by atoms with E-state index in [1.165, 1.54) is 18.2 Å². The quantitative estimate of drug-likeness (QED) is 0.631. The van der Waals surface area contributed by atoms with Crippen LogP contribution in [0.4, 0.5) is 5.69 Å². The predicted octanol–water partition coefficient (Wildman–Crippen LogP) is 4.06. The number of carbonyl (C=O) groups excluding carboxylic acids is 1.